The normalized spacial score (nSPS) is 24.0. The molecular formula is C13H17F2NO2. The number of ether oxygens (including phenoxy) is 1. The van der Waals surface area contributed by atoms with Gasteiger partial charge in [0, 0.05) is 6.54 Å². The summed E-state index contributed by atoms with van der Waals surface area (Å²) in [5, 5.41) is 9.72. The summed E-state index contributed by atoms with van der Waals surface area (Å²) in [6.45, 7) is 0.0696. The Morgan fingerprint density at radius 2 is 1.83 bits per heavy atom. The Balaban J connectivity index is 2.18. The zero-order valence-corrected chi connectivity index (χ0v) is 10.0. The van der Waals surface area contributed by atoms with Gasteiger partial charge in [0.15, 0.2) is 17.4 Å². The van der Waals surface area contributed by atoms with Crippen LogP contribution >= 0.6 is 0 Å². The second-order valence-electron chi connectivity index (χ2n) is 4.60. The molecule has 0 spiro atoms. The van der Waals surface area contributed by atoms with Crippen LogP contribution in [0.1, 0.15) is 31.2 Å². The van der Waals surface area contributed by atoms with Crippen LogP contribution < -0.4 is 10.5 Å². The van der Waals surface area contributed by atoms with Crippen LogP contribution in [0.3, 0.4) is 0 Å². The molecule has 1 saturated carbocycles. The first-order chi connectivity index (χ1) is 8.61. The summed E-state index contributed by atoms with van der Waals surface area (Å²) in [6.07, 6.45) is 1.83. The molecule has 3 N–H and O–H groups in total. The zero-order chi connectivity index (χ0) is 13.1. The smallest absolute Gasteiger partial charge is 0.191 e. The van der Waals surface area contributed by atoms with Crippen LogP contribution in [0.4, 0.5) is 8.78 Å². The van der Waals surface area contributed by atoms with Crippen molar-refractivity contribution in [1.82, 2.24) is 0 Å². The summed E-state index contributed by atoms with van der Waals surface area (Å²) in [5.41, 5.74) is 5.71. The zero-order valence-electron chi connectivity index (χ0n) is 10.0. The predicted molar refractivity (Wildman–Crippen MR) is 63.1 cm³/mol. The summed E-state index contributed by atoms with van der Waals surface area (Å²) < 4.78 is 32.6. The second kappa shape index (κ2) is 5.63. The summed E-state index contributed by atoms with van der Waals surface area (Å²) in [7, 11) is 0. The van der Waals surface area contributed by atoms with Gasteiger partial charge in [-0.2, -0.15) is 0 Å². The summed E-state index contributed by atoms with van der Waals surface area (Å²) in [6, 6.07) is 2.32. The number of hydrogen-bond donors (Lipinski definition) is 2. The average molecular weight is 257 g/mol. The van der Waals surface area contributed by atoms with Crippen molar-refractivity contribution in [2.24, 2.45) is 5.73 Å². The molecule has 3 nitrogen and oxygen atoms in total. The molecule has 0 heterocycles. The summed E-state index contributed by atoms with van der Waals surface area (Å²) >= 11 is 0. The Morgan fingerprint density at radius 3 is 2.39 bits per heavy atom. The van der Waals surface area contributed by atoms with Gasteiger partial charge in [-0.05, 0) is 37.0 Å². The molecule has 1 aliphatic rings. The molecule has 0 radical (unpaired) electrons. The van der Waals surface area contributed by atoms with Gasteiger partial charge in [-0.25, -0.2) is 8.78 Å². The second-order valence-corrected chi connectivity index (χ2v) is 4.60. The van der Waals surface area contributed by atoms with Gasteiger partial charge >= 0.3 is 0 Å². The van der Waals surface area contributed by atoms with Crippen molar-refractivity contribution in [2.45, 2.75) is 44.4 Å². The van der Waals surface area contributed by atoms with Crippen molar-refractivity contribution in [3.05, 3.63) is 29.3 Å². The van der Waals surface area contributed by atoms with E-state index in [9.17, 15) is 13.9 Å². The minimum atomic E-state index is -0.770. The van der Waals surface area contributed by atoms with Crippen LogP contribution in [0.5, 0.6) is 5.75 Å². The van der Waals surface area contributed by atoms with Gasteiger partial charge in [0.1, 0.15) is 6.10 Å². The number of aliphatic hydroxyl groups excluding tert-OH is 1. The third kappa shape index (κ3) is 2.79. The lowest BCUT2D eigenvalue weighted by atomic mass is 9.95. The minimum Gasteiger partial charge on any atom is -0.482 e. The first kappa shape index (κ1) is 13.2. The average Bonchev–Trinajstić information content (AvgIpc) is 2.35. The van der Waals surface area contributed by atoms with E-state index in [0.717, 1.165) is 25.0 Å². The summed E-state index contributed by atoms with van der Waals surface area (Å²) in [5.74, 6) is -1.96. The number of hydrogen-bond acceptors (Lipinski definition) is 3. The molecule has 1 aliphatic carbocycles. The van der Waals surface area contributed by atoms with Gasteiger partial charge in [-0.1, -0.05) is 6.42 Å². The number of nitrogens with two attached hydrogens (primary N) is 1. The van der Waals surface area contributed by atoms with Crippen molar-refractivity contribution in [2.75, 3.05) is 0 Å². The molecule has 1 aromatic rings. The van der Waals surface area contributed by atoms with Crippen molar-refractivity contribution in [3.8, 4) is 5.75 Å². The van der Waals surface area contributed by atoms with Gasteiger partial charge in [0.2, 0.25) is 0 Å². The number of rotatable bonds is 3. The molecule has 18 heavy (non-hydrogen) atoms. The topological polar surface area (TPSA) is 55.5 Å². The number of halogens is 2. The Kier molecular flexibility index (Phi) is 4.14. The molecule has 0 saturated heterocycles. The molecule has 0 aromatic heterocycles. The Hall–Kier alpha value is -1.20. The fourth-order valence-electron chi connectivity index (χ4n) is 2.21. The van der Waals surface area contributed by atoms with Gasteiger partial charge in [0.05, 0.1) is 6.10 Å². The Bertz CT molecular complexity index is 402. The molecule has 2 atom stereocenters. The van der Waals surface area contributed by atoms with Gasteiger partial charge in [-0.15, -0.1) is 0 Å². The minimum absolute atomic E-state index is 0.0696. The Morgan fingerprint density at radius 1 is 1.22 bits per heavy atom. The Labute approximate surface area is 105 Å². The molecule has 100 valence electrons. The largest absolute Gasteiger partial charge is 0.482 e. The quantitative estimate of drug-likeness (QED) is 0.872. The third-order valence-corrected chi connectivity index (χ3v) is 3.23. The maximum absolute atomic E-state index is 13.7. The molecule has 2 rings (SSSR count). The first-order valence-electron chi connectivity index (χ1n) is 6.14. The van der Waals surface area contributed by atoms with Crippen LogP contribution in [0.15, 0.2) is 12.1 Å². The van der Waals surface area contributed by atoms with Crippen molar-refractivity contribution in [3.63, 3.8) is 0 Å². The molecule has 0 amide bonds. The lowest BCUT2D eigenvalue weighted by Gasteiger charge is -2.28. The van der Waals surface area contributed by atoms with Crippen LogP contribution in [0, 0.1) is 11.6 Å². The van der Waals surface area contributed by atoms with Crippen LogP contribution in [0.25, 0.3) is 0 Å². The van der Waals surface area contributed by atoms with Crippen molar-refractivity contribution >= 4 is 0 Å². The van der Waals surface area contributed by atoms with Crippen molar-refractivity contribution in [1.29, 1.82) is 0 Å². The molecule has 1 aromatic carbocycles. The van der Waals surface area contributed by atoms with Gasteiger partial charge in [-0.3, -0.25) is 0 Å². The summed E-state index contributed by atoms with van der Waals surface area (Å²) in [4.78, 5) is 0. The van der Waals surface area contributed by atoms with Crippen LogP contribution in [0.2, 0.25) is 0 Å². The highest BCUT2D eigenvalue weighted by molar-refractivity contribution is 5.31. The monoisotopic (exact) mass is 257 g/mol. The van der Waals surface area contributed by atoms with E-state index >= 15 is 0 Å². The van der Waals surface area contributed by atoms with Crippen LogP contribution in [-0.4, -0.2) is 17.3 Å². The van der Waals surface area contributed by atoms with Gasteiger partial charge < -0.3 is 15.6 Å². The SMILES string of the molecule is NCc1cc(F)c(OC2CCCCC2O)c(F)c1. The van der Waals surface area contributed by atoms with E-state index in [4.69, 9.17) is 10.5 Å². The molecular weight excluding hydrogens is 240 g/mol. The number of benzene rings is 1. The maximum atomic E-state index is 13.7. The fourth-order valence-corrected chi connectivity index (χ4v) is 2.21. The fraction of sp³-hybridized carbons (Fsp3) is 0.538. The number of aliphatic hydroxyl groups is 1. The van der Waals surface area contributed by atoms with E-state index in [1.54, 1.807) is 0 Å². The van der Waals surface area contributed by atoms with E-state index in [2.05, 4.69) is 0 Å². The van der Waals surface area contributed by atoms with E-state index in [-0.39, 0.29) is 6.54 Å². The first-order valence-corrected chi connectivity index (χ1v) is 6.14. The lowest BCUT2D eigenvalue weighted by Crippen LogP contribution is -2.35. The molecule has 1 fully saturated rings. The highest BCUT2D eigenvalue weighted by Crippen LogP contribution is 2.28. The molecule has 2 unspecified atom stereocenters. The van der Waals surface area contributed by atoms with Crippen molar-refractivity contribution < 1.29 is 18.6 Å². The standard InChI is InChI=1S/C13H17F2NO2/c14-9-5-8(7-16)6-10(15)13(9)18-12-4-2-1-3-11(12)17/h5-6,11-12,17H,1-4,7,16H2. The lowest BCUT2D eigenvalue weighted by molar-refractivity contribution is 0.00295. The van der Waals surface area contributed by atoms with Gasteiger partial charge in [0.25, 0.3) is 0 Å². The molecule has 0 aliphatic heterocycles. The highest BCUT2D eigenvalue weighted by Gasteiger charge is 2.27. The van der Waals surface area contributed by atoms with E-state index in [1.807, 2.05) is 0 Å². The van der Waals surface area contributed by atoms with E-state index in [1.165, 1.54) is 0 Å². The molecule has 0 bridgehead atoms. The molecule has 5 heteroatoms. The maximum Gasteiger partial charge on any atom is 0.191 e. The predicted octanol–water partition coefficient (Wildman–Crippen LogP) is 2.11. The van der Waals surface area contributed by atoms with E-state index < -0.39 is 29.6 Å². The van der Waals surface area contributed by atoms with Crippen LogP contribution in [-0.2, 0) is 6.54 Å². The third-order valence-electron chi connectivity index (χ3n) is 3.23. The van der Waals surface area contributed by atoms with E-state index in [0.29, 0.717) is 18.4 Å². The highest BCUT2D eigenvalue weighted by atomic mass is 19.1.